The Bertz CT molecular complexity index is 1040. The molecule has 0 fully saturated rings. The van der Waals surface area contributed by atoms with Crippen molar-refractivity contribution in [2.75, 3.05) is 11.1 Å². The Labute approximate surface area is 167 Å². The fourth-order valence-electron chi connectivity index (χ4n) is 3.16. The van der Waals surface area contributed by atoms with Gasteiger partial charge in [0.05, 0.1) is 11.4 Å². The number of rotatable bonds is 3. The lowest BCUT2D eigenvalue weighted by Crippen LogP contribution is -2.41. The molecule has 0 spiro atoms. The minimum atomic E-state index is -0.448. The van der Waals surface area contributed by atoms with E-state index in [0.29, 0.717) is 11.0 Å². The van der Waals surface area contributed by atoms with E-state index in [9.17, 15) is 9.59 Å². The normalized spacial score (nSPS) is 17.6. The second kappa shape index (κ2) is 7.24. The van der Waals surface area contributed by atoms with Crippen molar-refractivity contribution in [2.45, 2.75) is 26.8 Å². The van der Waals surface area contributed by atoms with Gasteiger partial charge in [-0.25, -0.2) is 9.89 Å². The van der Waals surface area contributed by atoms with E-state index >= 15 is 0 Å². The number of carbonyl (C=O) groups excluding carboxylic acids is 2. The SMILES string of the molecule is Cc1ccc(C)c(NC(=O)CSC2=Nc3ccccc3C3=NC(C)C(=O)N23)c1. The van der Waals surface area contributed by atoms with Crippen molar-refractivity contribution in [3.63, 3.8) is 0 Å². The third kappa shape index (κ3) is 3.33. The molecule has 1 N–H and O–H groups in total. The molecule has 2 heterocycles. The van der Waals surface area contributed by atoms with E-state index in [4.69, 9.17) is 0 Å². The number of thioether (sulfide) groups is 1. The Morgan fingerprint density at radius 2 is 2.00 bits per heavy atom. The van der Waals surface area contributed by atoms with Crippen LogP contribution in [0.5, 0.6) is 0 Å². The molecule has 0 aliphatic carbocycles. The van der Waals surface area contributed by atoms with Gasteiger partial charge in [-0.2, -0.15) is 0 Å². The highest BCUT2D eigenvalue weighted by Crippen LogP contribution is 2.33. The number of hydrogen-bond acceptors (Lipinski definition) is 5. The van der Waals surface area contributed by atoms with E-state index in [-0.39, 0.29) is 17.6 Å². The molecular formula is C21H20N4O2S. The van der Waals surface area contributed by atoms with Crippen LogP contribution in [0.4, 0.5) is 11.4 Å². The van der Waals surface area contributed by atoms with E-state index in [1.165, 1.54) is 16.7 Å². The molecule has 4 rings (SSSR count). The van der Waals surface area contributed by atoms with Crippen molar-refractivity contribution in [3.05, 3.63) is 59.2 Å². The topological polar surface area (TPSA) is 74.1 Å². The maximum atomic E-state index is 12.6. The first kappa shape index (κ1) is 18.4. The number of aryl methyl sites for hydroxylation is 2. The van der Waals surface area contributed by atoms with Gasteiger partial charge in [-0.05, 0) is 50.1 Å². The number of amidine groups is 2. The number of carbonyl (C=O) groups is 2. The van der Waals surface area contributed by atoms with Gasteiger partial charge >= 0.3 is 0 Å². The van der Waals surface area contributed by atoms with Gasteiger partial charge in [-0.15, -0.1) is 0 Å². The van der Waals surface area contributed by atoms with Gasteiger partial charge in [0.25, 0.3) is 5.91 Å². The number of benzene rings is 2. The first-order valence-corrected chi connectivity index (χ1v) is 10.0. The molecule has 142 valence electrons. The molecular weight excluding hydrogens is 372 g/mol. The lowest BCUT2D eigenvalue weighted by atomic mass is 10.1. The van der Waals surface area contributed by atoms with Crippen LogP contribution in [-0.2, 0) is 9.59 Å². The number of amides is 2. The second-order valence-electron chi connectivity index (χ2n) is 6.87. The fraction of sp³-hybridized carbons (Fsp3) is 0.238. The predicted molar refractivity (Wildman–Crippen MR) is 113 cm³/mol. The molecule has 1 atom stereocenters. The minimum absolute atomic E-state index is 0.120. The molecule has 2 aliphatic heterocycles. The zero-order valence-corrected chi connectivity index (χ0v) is 16.7. The Hall–Kier alpha value is -2.93. The van der Waals surface area contributed by atoms with Crippen molar-refractivity contribution in [2.24, 2.45) is 9.98 Å². The summed E-state index contributed by atoms with van der Waals surface area (Å²) in [5, 5.41) is 3.43. The van der Waals surface area contributed by atoms with Crippen LogP contribution in [-0.4, -0.2) is 39.5 Å². The lowest BCUT2D eigenvalue weighted by molar-refractivity contribution is -0.124. The van der Waals surface area contributed by atoms with Gasteiger partial charge in [-0.1, -0.05) is 36.0 Å². The van der Waals surface area contributed by atoms with Crippen LogP contribution >= 0.6 is 11.8 Å². The van der Waals surface area contributed by atoms with Crippen molar-refractivity contribution in [1.82, 2.24) is 4.90 Å². The fourth-order valence-corrected chi connectivity index (χ4v) is 3.96. The van der Waals surface area contributed by atoms with Crippen LogP contribution in [0.1, 0.15) is 23.6 Å². The van der Waals surface area contributed by atoms with Gasteiger partial charge in [-0.3, -0.25) is 14.6 Å². The van der Waals surface area contributed by atoms with Gasteiger partial charge in [0, 0.05) is 11.3 Å². The van der Waals surface area contributed by atoms with Crippen molar-refractivity contribution >= 4 is 46.0 Å². The zero-order valence-electron chi connectivity index (χ0n) is 15.9. The van der Waals surface area contributed by atoms with E-state index in [1.54, 1.807) is 6.92 Å². The van der Waals surface area contributed by atoms with Gasteiger partial charge in [0.1, 0.15) is 11.9 Å². The molecule has 28 heavy (non-hydrogen) atoms. The van der Waals surface area contributed by atoms with Crippen LogP contribution < -0.4 is 5.32 Å². The first-order chi connectivity index (χ1) is 13.4. The molecule has 0 saturated heterocycles. The van der Waals surface area contributed by atoms with E-state index in [1.807, 2.05) is 56.3 Å². The smallest absolute Gasteiger partial charge is 0.258 e. The molecule has 0 bridgehead atoms. The molecule has 2 aromatic carbocycles. The van der Waals surface area contributed by atoms with E-state index in [2.05, 4.69) is 15.3 Å². The molecule has 2 amide bonds. The first-order valence-electron chi connectivity index (χ1n) is 9.04. The quantitative estimate of drug-likeness (QED) is 0.866. The zero-order chi connectivity index (χ0) is 19.8. The number of nitrogens with zero attached hydrogens (tertiary/aromatic N) is 3. The van der Waals surface area contributed by atoms with Crippen molar-refractivity contribution in [1.29, 1.82) is 0 Å². The van der Waals surface area contributed by atoms with E-state index in [0.717, 1.165) is 28.1 Å². The summed E-state index contributed by atoms with van der Waals surface area (Å²) in [4.78, 5) is 35.7. The molecule has 2 aliphatic rings. The third-order valence-electron chi connectivity index (χ3n) is 4.66. The summed E-state index contributed by atoms with van der Waals surface area (Å²) in [5.41, 5.74) is 4.49. The minimum Gasteiger partial charge on any atom is -0.325 e. The summed E-state index contributed by atoms with van der Waals surface area (Å²) in [7, 11) is 0. The molecule has 7 heteroatoms. The van der Waals surface area contributed by atoms with Gasteiger partial charge < -0.3 is 5.32 Å². The summed E-state index contributed by atoms with van der Waals surface area (Å²) < 4.78 is 0. The number of para-hydroxylation sites is 1. The molecule has 6 nitrogen and oxygen atoms in total. The number of aliphatic imine (C=N–C) groups is 2. The van der Waals surface area contributed by atoms with Crippen LogP contribution in [0.3, 0.4) is 0 Å². The maximum absolute atomic E-state index is 12.6. The lowest BCUT2D eigenvalue weighted by Gasteiger charge is -2.25. The van der Waals surface area contributed by atoms with E-state index < -0.39 is 6.04 Å². The number of hydrogen-bond donors (Lipinski definition) is 1. The third-order valence-corrected chi connectivity index (χ3v) is 5.60. The largest absolute Gasteiger partial charge is 0.325 e. The molecule has 0 saturated carbocycles. The summed E-state index contributed by atoms with van der Waals surface area (Å²) in [6, 6.07) is 13.1. The predicted octanol–water partition coefficient (Wildman–Crippen LogP) is 3.65. The Morgan fingerprint density at radius 1 is 1.21 bits per heavy atom. The summed E-state index contributed by atoms with van der Waals surface area (Å²) in [6.45, 7) is 5.71. The summed E-state index contributed by atoms with van der Waals surface area (Å²) >= 11 is 1.24. The summed E-state index contributed by atoms with van der Waals surface area (Å²) in [5.74, 6) is 0.504. The average molecular weight is 392 g/mol. The van der Waals surface area contributed by atoms with Crippen molar-refractivity contribution in [3.8, 4) is 0 Å². The highest BCUT2D eigenvalue weighted by molar-refractivity contribution is 8.14. The van der Waals surface area contributed by atoms with Gasteiger partial charge in [0.2, 0.25) is 5.91 Å². The Balaban J connectivity index is 1.53. The molecule has 1 unspecified atom stereocenters. The van der Waals surface area contributed by atoms with Crippen molar-refractivity contribution < 1.29 is 9.59 Å². The number of fused-ring (bicyclic) bond motifs is 3. The molecule has 0 radical (unpaired) electrons. The van der Waals surface area contributed by atoms with Crippen LogP contribution in [0.25, 0.3) is 0 Å². The summed E-state index contributed by atoms with van der Waals surface area (Å²) in [6.07, 6.45) is 0. The number of anilines is 1. The maximum Gasteiger partial charge on any atom is 0.258 e. The standard InChI is InChI=1S/C21H20N4O2S/c1-12-8-9-13(2)17(10-12)23-18(26)11-28-21-24-16-7-5-4-6-15(16)19-22-14(3)20(27)25(19)21/h4-10,14H,11H2,1-3H3,(H,23,26). The monoisotopic (exact) mass is 392 g/mol. The Kier molecular flexibility index (Phi) is 4.77. The average Bonchev–Trinajstić information content (AvgIpc) is 2.98. The second-order valence-corrected chi connectivity index (χ2v) is 7.81. The van der Waals surface area contributed by atoms with Crippen LogP contribution in [0.15, 0.2) is 52.4 Å². The van der Waals surface area contributed by atoms with Gasteiger partial charge in [0.15, 0.2) is 5.17 Å². The molecule has 0 aromatic heterocycles. The molecule has 2 aromatic rings. The van der Waals surface area contributed by atoms with Crippen LogP contribution in [0, 0.1) is 13.8 Å². The Morgan fingerprint density at radius 3 is 2.82 bits per heavy atom. The highest BCUT2D eigenvalue weighted by Gasteiger charge is 2.39. The number of nitrogens with one attached hydrogen (secondary N) is 1. The highest BCUT2D eigenvalue weighted by atomic mass is 32.2. The van der Waals surface area contributed by atoms with Crippen LogP contribution in [0.2, 0.25) is 0 Å².